The summed E-state index contributed by atoms with van der Waals surface area (Å²) in [5.41, 5.74) is -0.787. The van der Waals surface area contributed by atoms with Gasteiger partial charge in [-0.05, 0) is 30.3 Å². The predicted molar refractivity (Wildman–Crippen MR) is 74.2 cm³/mol. The third kappa shape index (κ3) is 4.08. The van der Waals surface area contributed by atoms with Gasteiger partial charge in [-0.15, -0.1) is 0 Å². The van der Waals surface area contributed by atoms with Crippen molar-refractivity contribution in [2.75, 3.05) is 5.94 Å². The minimum Gasteiger partial charge on any atom is -0.481 e. The third-order valence-corrected chi connectivity index (χ3v) is 3.58. The zero-order valence-electron chi connectivity index (χ0n) is 10.2. The van der Waals surface area contributed by atoms with Crippen molar-refractivity contribution in [3.05, 3.63) is 59.1 Å². The molecule has 0 spiro atoms. The maximum atomic E-state index is 12.5. The summed E-state index contributed by atoms with van der Waals surface area (Å²) in [4.78, 5) is 1.01. The van der Waals surface area contributed by atoms with E-state index in [2.05, 4.69) is 0 Å². The molecule has 0 aliphatic heterocycles. The van der Waals surface area contributed by atoms with Crippen molar-refractivity contribution >= 4 is 23.4 Å². The predicted octanol–water partition coefficient (Wildman–Crippen LogP) is 5.49. The van der Waals surface area contributed by atoms with Gasteiger partial charge in [-0.3, -0.25) is 0 Å². The Balaban J connectivity index is 1.97. The van der Waals surface area contributed by atoms with E-state index in [9.17, 15) is 13.2 Å². The number of rotatable bonds is 4. The molecular weight excluding hydrogens is 309 g/mol. The van der Waals surface area contributed by atoms with E-state index in [0.717, 1.165) is 17.0 Å². The minimum absolute atomic E-state index is 0.0477. The molecule has 6 heteroatoms. The highest BCUT2D eigenvalue weighted by Gasteiger charge is 2.31. The molecule has 0 saturated heterocycles. The average Bonchev–Trinajstić information content (AvgIpc) is 2.40. The van der Waals surface area contributed by atoms with E-state index in [-0.39, 0.29) is 16.7 Å². The Morgan fingerprint density at radius 3 is 2.35 bits per heavy atom. The van der Waals surface area contributed by atoms with Crippen LogP contribution in [0, 0.1) is 0 Å². The van der Waals surface area contributed by atoms with Crippen molar-refractivity contribution in [2.45, 2.75) is 11.1 Å². The van der Waals surface area contributed by atoms with E-state index < -0.39 is 11.7 Å². The lowest BCUT2D eigenvalue weighted by Gasteiger charge is -2.11. The molecule has 0 bridgehead atoms. The summed E-state index contributed by atoms with van der Waals surface area (Å²) in [7, 11) is 0. The molecule has 0 aliphatic carbocycles. The van der Waals surface area contributed by atoms with Crippen LogP contribution in [0.1, 0.15) is 5.56 Å². The maximum Gasteiger partial charge on any atom is 0.416 e. The van der Waals surface area contributed by atoms with Gasteiger partial charge in [0.1, 0.15) is 11.7 Å². The fraction of sp³-hybridized carbons (Fsp3) is 0.143. The molecule has 0 radical (unpaired) electrons. The van der Waals surface area contributed by atoms with E-state index in [4.69, 9.17) is 16.3 Å². The van der Waals surface area contributed by atoms with Crippen molar-refractivity contribution in [2.24, 2.45) is 0 Å². The molecule has 2 rings (SSSR count). The van der Waals surface area contributed by atoms with Crippen LogP contribution in [0.5, 0.6) is 5.75 Å². The summed E-state index contributed by atoms with van der Waals surface area (Å²) in [6, 6.07) is 12.6. The van der Waals surface area contributed by atoms with Crippen LogP contribution >= 0.6 is 23.4 Å². The quantitative estimate of drug-likeness (QED) is 0.544. The Bertz CT molecular complexity index is 572. The Labute approximate surface area is 123 Å². The lowest BCUT2D eigenvalue weighted by atomic mass is 10.2. The molecule has 2 aromatic rings. The number of thioether (sulfide) groups is 1. The molecule has 0 saturated carbocycles. The molecule has 2 aromatic carbocycles. The van der Waals surface area contributed by atoms with Crippen LogP contribution in [0.4, 0.5) is 13.2 Å². The molecule has 0 atom stereocenters. The molecule has 0 N–H and O–H groups in total. The highest BCUT2D eigenvalue weighted by atomic mass is 35.5. The van der Waals surface area contributed by atoms with E-state index in [1.807, 2.05) is 30.3 Å². The largest absolute Gasteiger partial charge is 0.481 e. The highest BCUT2D eigenvalue weighted by Crippen LogP contribution is 2.35. The first-order chi connectivity index (χ1) is 9.47. The summed E-state index contributed by atoms with van der Waals surface area (Å²) >= 11 is 7.21. The second-order valence-corrected chi connectivity index (χ2v) is 5.27. The Kier molecular flexibility index (Phi) is 4.83. The molecule has 0 amide bonds. The average molecular weight is 319 g/mol. The Hall–Kier alpha value is -1.33. The molecule has 20 heavy (non-hydrogen) atoms. The first-order valence-corrected chi connectivity index (χ1v) is 7.00. The van der Waals surface area contributed by atoms with Gasteiger partial charge in [0.25, 0.3) is 0 Å². The Morgan fingerprint density at radius 2 is 1.75 bits per heavy atom. The highest BCUT2D eigenvalue weighted by molar-refractivity contribution is 7.99. The van der Waals surface area contributed by atoms with Crippen LogP contribution in [-0.2, 0) is 6.18 Å². The van der Waals surface area contributed by atoms with Crippen LogP contribution in [0.25, 0.3) is 0 Å². The third-order valence-electron chi connectivity index (χ3n) is 2.44. The molecule has 0 aliphatic rings. The van der Waals surface area contributed by atoms with Gasteiger partial charge in [-0.25, -0.2) is 0 Å². The van der Waals surface area contributed by atoms with E-state index in [1.54, 1.807) is 0 Å². The summed E-state index contributed by atoms with van der Waals surface area (Å²) in [6.45, 7) is 0. The van der Waals surface area contributed by atoms with Crippen LogP contribution in [-0.4, -0.2) is 5.94 Å². The molecule has 0 fully saturated rings. The van der Waals surface area contributed by atoms with Crippen LogP contribution in [0.2, 0.25) is 5.02 Å². The number of benzene rings is 2. The fourth-order valence-corrected chi connectivity index (χ4v) is 2.38. The molecule has 0 aromatic heterocycles. The van der Waals surface area contributed by atoms with Crippen molar-refractivity contribution in [3.63, 3.8) is 0 Å². The second-order valence-electron chi connectivity index (χ2n) is 3.86. The van der Waals surface area contributed by atoms with Gasteiger partial charge in [0.15, 0.2) is 0 Å². The minimum atomic E-state index is -4.40. The van der Waals surface area contributed by atoms with E-state index >= 15 is 0 Å². The van der Waals surface area contributed by atoms with Gasteiger partial charge in [0.05, 0.1) is 10.6 Å². The fourth-order valence-electron chi connectivity index (χ4n) is 1.47. The number of hydrogen-bond acceptors (Lipinski definition) is 2. The SMILES string of the molecule is FC(F)(F)c1ccc(OCSc2ccccc2)c(Cl)c1. The smallest absolute Gasteiger partial charge is 0.416 e. The van der Waals surface area contributed by atoms with Gasteiger partial charge in [-0.2, -0.15) is 13.2 Å². The molecule has 0 heterocycles. The van der Waals surface area contributed by atoms with Crippen molar-refractivity contribution < 1.29 is 17.9 Å². The van der Waals surface area contributed by atoms with Crippen LogP contribution in [0.3, 0.4) is 0 Å². The first kappa shape index (κ1) is 15.1. The second kappa shape index (κ2) is 6.41. The summed E-state index contributed by atoms with van der Waals surface area (Å²) in [6.07, 6.45) is -4.40. The van der Waals surface area contributed by atoms with Crippen LogP contribution in [0.15, 0.2) is 53.4 Å². The van der Waals surface area contributed by atoms with Crippen molar-refractivity contribution in [3.8, 4) is 5.75 Å². The van der Waals surface area contributed by atoms with Gasteiger partial charge in [0, 0.05) is 4.90 Å². The van der Waals surface area contributed by atoms with Crippen LogP contribution < -0.4 is 4.74 Å². The maximum absolute atomic E-state index is 12.5. The van der Waals surface area contributed by atoms with Gasteiger partial charge < -0.3 is 4.74 Å². The standard InChI is InChI=1S/C14H10ClF3OS/c15-12-8-10(14(16,17)18)6-7-13(12)19-9-20-11-4-2-1-3-5-11/h1-8H,9H2. The number of halogens is 4. The first-order valence-electron chi connectivity index (χ1n) is 5.64. The Morgan fingerprint density at radius 1 is 1.05 bits per heavy atom. The molecule has 106 valence electrons. The summed E-state index contributed by atoms with van der Waals surface area (Å²) < 4.78 is 42.8. The number of hydrogen-bond donors (Lipinski definition) is 0. The lowest BCUT2D eigenvalue weighted by Crippen LogP contribution is -2.05. The van der Waals surface area contributed by atoms with Gasteiger partial charge >= 0.3 is 6.18 Å². The number of ether oxygens (including phenoxy) is 1. The monoisotopic (exact) mass is 318 g/mol. The zero-order chi connectivity index (χ0) is 14.6. The molecule has 0 unspecified atom stereocenters. The van der Waals surface area contributed by atoms with Crippen molar-refractivity contribution in [1.29, 1.82) is 0 Å². The molecule has 1 nitrogen and oxygen atoms in total. The zero-order valence-corrected chi connectivity index (χ0v) is 11.7. The lowest BCUT2D eigenvalue weighted by molar-refractivity contribution is -0.137. The van der Waals surface area contributed by atoms with E-state index in [1.165, 1.54) is 17.8 Å². The normalized spacial score (nSPS) is 11.4. The summed E-state index contributed by atoms with van der Waals surface area (Å²) in [5, 5.41) is -0.0477. The summed E-state index contributed by atoms with van der Waals surface area (Å²) in [5.74, 6) is 0.512. The number of alkyl halides is 3. The molecular formula is C14H10ClF3OS. The topological polar surface area (TPSA) is 9.23 Å². The van der Waals surface area contributed by atoms with Gasteiger partial charge in [0.2, 0.25) is 0 Å². The van der Waals surface area contributed by atoms with Gasteiger partial charge in [-0.1, -0.05) is 41.6 Å². The van der Waals surface area contributed by atoms with Crippen molar-refractivity contribution in [1.82, 2.24) is 0 Å². The van der Waals surface area contributed by atoms with E-state index in [0.29, 0.717) is 0 Å².